The van der Waals surface area contributed by atoms with Gasteiger partial charge in [-0.1, -0.05) is 5.92 Å². The van der Waals surface area contributed by atoms with E-state index in [1.54, 1.807) is 17.2 Å². The van der Waals surface area contributed by atoms with Crippen LogP contribution in [0.5, 0.6) is 0 Å². The van der Waals surface area contributed by atoms with Gasteiger partial charge in [-0.25, -0.2) is 4.79 Å². The van der Waals surface area contributed by atoms with E-state index in [2.05, 4.69) is 11.8 Å². The van der Waals surface area contributed by atoms with E-state index in [4.69, 9.17) is 5.11 Å². The van der Waals surface area contributed by atoms with E-state index in [0.717, 1.165) is 17.8 Å². The Hall–Kier alpha value is -1.80. The van der Waals surface area contributed by atoms with Crippen molar-refractivity contribution in [3.8, 4) is 11.8 Å². The van der Waals surface area contributed by atoms with Crippen LogP contribution in [0.3, 0.4) is 0 Å². The molecule has 1 amide bonds. The smallest absolute Gasteiger partial charge is 0.348 e. The number of nitrogens with zero attached hydrogens (tertiary/aromatic N) is 1. The Labute approximate surface area is 103 Å². The first-order chi connectivity index (χ1) is 8.15. The minimum atomic E-state index is -1.01. The first-order valence-electron chi connectivity index (χ1n) is 5.23. The lowest BCUT2D eigenvalue weighted by Crippen LogP contribution is -2.25. The summed E-state index contributed by atoms with van der Waals surface area (Å²) in [5.41, 5.74) is 1.10. The first kappa shape index (κ1) is 11.7. The van der Waals surface area contributed by atoms with Gasteiger partial charge < -0.3 is 10.0 Å². The summed E-state index contributed by atoms with van der Waals surface area (Å²) in [4.78, 5) is 24.6. The molecule has 1 fully saturated rings. The van der Waals surface area contributed by atoms with Gasteiger partial charge in [0.25, 0.3) is 0 Å². The number of anilines is 1. The fourth-order valence-electron chi connectivity index (χ4n) is 1.88. The SMILES string of the molecule is CC#Cc1csc(C(=O)O)c1N1CCCC1=O. The number of hydrogen-bond donors (Lipinski definition) is 1. The van der Waals surface area contributed by atoms with Crippen LogP contribution < -0.4 is 4.90 Å². The molecule has 1 aliphatic rings. The molecule has 1 N–H and O–H groups in total. The van der Waals surface area contributed by atoms with E-state index >= 15 is 0 Å². The van der Waals surface area contributed by atoms with E-state index in [0.29, 0.717) is 24.2 Å². The highest BCUT2D eigenvalue weighted by molar-refractivity contribution is 7.12. The molecule has 4 nitrogen and oxygen atoms in total. The maximum absolute atomic E-state index is 11.7. The van der Waals surface area contributed by atoms with Gasteiger partial charge in [-0.2, -0.15) is 0 Å². The van der Waals surface area contributed by atoms with E-state index < -0.39 is 5.97 Å². The Bertz CT molecular complexity index is 536. The van der Waals surface area contributed by atoms with Crippen LogP contribution >= 0.6 is 11.3 Å². The summed E-state index contributed by atoms with van der Waals surface area (Å²) in [5, 5.41) is 10.8. The Morgan fingerprint density at radius 3 is 2.88 bits per heavy atom. The minimum absolute atomic E-state index is 0.0231. The monoisotopic (exact) mass is 249 g/mol. The molecule has 88 valence electrons. The molecule has 0 spiro atoms. The summed E-state index contributed by atoms with van der Waals surface area (Å²) in [6, 6.07) is 0. The van der Waals surface area contributed by atoms with Gasteiger partial charge in [0.2, 0.25) is 5.91 Å². The van der Waals surface area contributed by atoms with Crippen LogP contribution in [0.2, 0.25) is 0 Å². The predicted octanol–water partition coefficient (Wildman–Crippen LogP) is 1.94. The molecule has 0 radical (unpaired) electrons. The van der Waals surface area contributed by atoms with Crippen molar-refractivity contribution < 1.29 is 14.7 Å². The maximum atomic E-state index is 11.7. The fourth-order valence-corrected chi connectivity index (χ4v) is 2.72. The standard InChI is InChI=1S/C12H11NO3S/c1-2-4-8-7-17-11(12(15)16)10(8)13-6-3-5-9(13)14/h7H,3,5-6H2,1H3,(H,15,16). The summed E-state index contributed by atoms with van der Waals surface area (Å²) in [7, 11) is 0. The van der Waals surface area contributed by atoms with E-state index in [-0.39, 0.29) is 10.8 Å². The number of carbonyl (C=O) groups is 2. The molecule has 2 rings (SSSR count). The number of thiophene rings is 1. The minimum Gasteiger partial charge on any atom is -0.477 e. The van der Waals surface area contributed by atoms with Crippen LogP contribution in [0.15, 0.2) is 5.38 Å². The molecule has 2 heterocycles. The maximum Gasteiger partial charge on any atom is 0.348 e. The van der Waals surface area contributed by atoms with Crippen molar-refractivity contribution in [3.63, 3.8) is 0 Å². The van der Waals surface area contributed by atoms with Crippen LogP contribution in [0.4, 0.5) is 5.69 Å². The summed E-state index contributed by atoms with van der Waals surface area (Å²) in [6.07, 6.45) is 1.25. The zero-order valence-electron chi connectivity index (χ0n) is 9.32. The Kier molecular flexibility index (Phi) is 3.16. The highest BCUT2D eigenvalue weighted by Crippen LogP contribution is 2.34. The van der Waals surface area contributed by atoms with Gasteiger partial charge in [-0.3, -0.25) is 4.79 Å². The van der Waals surface area contributed by atoms with Gasteiger partial charge in [0.15, 0.2) is 0 Å². The van der Waals surface area contributed by atoms with Crippen LogP contribution in [-0.4, -0.2) is 23.5 Å². The lowest BCUT2D eigenvalue weighted by Gasteiger charge is -2.15. The van der Waals surface area contributed by atoms with Crippen molar-refractivity contribution in [2.24, 2.45) is 0 Å². The Balaban J connectivity index is 2.53. The molecule has 5 heteroatoms. The van der Waals surface area contributed by atoms with Gasteiger partial charge in [0.05, 0.1) is 11.3 Å². The number of amides is 1. The highest BCUT2D eigenvalue weighted by Gasteiger charge is 2.29. The summed E-state index contributed by atoms with van der Waals surface area (Å²) in [6.45, 7) is 2.27. The van der Waals surface area contributed by atoms with Crippen LogP contribution in [0.1, 0.15) is 35.0 Å². The number of carboxylic acids is 1. The molecule has 0 bridgehead atoms. The first-order valence-corrected chi connectivity index (χ1v) is 6.11. The third-order valence-corrected chi connectivity index (χ3v) is 3.52. The van der Waals surface area contributed by atoms with Crippen molar-refractivity contribution in [2.45, 2.75) is 19.8 Å². The molecule has 1 aromatic rings. The lowest BCUT2D eigenvalue weighted by molar-refractivity contribution is -0.117. The molecular weight excluding hydrogens is 238 g/mol. The van der Waals surface area contributed by atoms with Gasteiger partial charge in [0.1, 0.15) is 4.88 Å². The normalized spacial score (nSPS) is 14.6. The number of carbonyl (C=O) groups excluding carboxylic acids is 1. The molecule has 1 aromatic heterocycles. The Morgan fingerprint density at radius 2 is 2.35 bits per heavy atom. The molecule has 0 unspecified atom stereocenters. The van der Waals surface area contributed by atoms with Crippen molar-refractivity contribution in [2.75, 3.05) is 11.4 Å². The Morgan fingerprint density at radius 1 is 1.59 bits per heavy atom. The molecule has 0 aliphatic carbocycles. The van der Waals surface area contributed by atoms with Crippen LogP contribution in [0, 0.1) is 11.8 Å². The van der Waals surface area contributed by atoms with E-state index in [9.17, 15) is 9.59 Å². The molecule has 0 atom stereocenters. The van der Waals surface area contributed by atoms with Gasteiger partial charge >= 0.3 is 5.97 Å². The molecule has 1 aliphatic heterocycles. The van der Waals surface area contributed by atoms with Crippen molar-refractivity contribution in [3.05, 3.63) is 15.8 Å². The lowest BCUT2D eigenvalue weighted by atomic mass is 10.2. The fraction of sp³-hybridized carbons (Fsp3) is 0.333. The van der Waals surface area contributed by atoms with E-state index in [1.165, 1.54) is 0 Å². The van der Waals surface area contributed by atoms with E-state index in [1.807, 2.05) is 0 Å². The van der Waals surface area contributed by atoms with Crippen molar-refractivity contribution in [1.29, 1.82) is 0 Å². The van der Waals surface area contributed by atoms with Crippen LogP contribution in [-0.2, 0) is 4.79 Å². The second kappa shape index (κ2) is 4.60. The third kappa shape index (κ3) is 2.04. The summed E-state index contributed by atoms with van der Waals surface area (Å²) >= 11 is 1.12. The molecule has 0 saturated carbocycles. The van der Waals surface area contributed by atoms with Crippen molar-refractivity contribution >= 4 is 28.9 Å². The highest BCUT2D eigenvalue weighted by atomic mass is 32.1. The number of hydrogen-bond acceptors (Lipinski definition) is 3. The number of aromatic carboxylic acids is 1. The molecule has 0 aromatic carbocycles. The second-order valence-corrected chi connectivity index (χ2v) is 4.54. The third-order valence-electron chi connectivity index (χ3n) is 2.56. The van der Waals surface area contributed by atoms with Gasteiger partial charge in [-0.05, 0) is 13.3 Å². The van der Waals surface area contributed by atoms with Gasteiger partial charge in [0, 0.05) is 18.3 Å². The average Bonchev–Trinajstić information content (AvgIpc) is 2.84. The zero-order chi connectivity index (χ0) is 12.4. The van der Waals surface area contributed by atoms with Crippen molar-refractivity contribution in [1.82, 2.24) is 0 Å². The largest absolute Gasteiger partial charge is 0.477 e. The molecular formula is C12H11NO3S. The van der Waals surface area contributed by atoms with Crippen LogP contribution in [0.25, 0.3) is 0 Å². The second-order valence-electron chi connectivity index (χ2n) is 3.66. The number of carboxylic acid groups (broad SMARTS) is 1. The summed E-state index contributed by atoms with van der Waals surface area (Å²) in [5.74, 6) is 4.56. The molecule has 1 saturated heterocycles. The number of rotatable bonds is 2. The predicted molar refractivity (Wildman–Crippen MR) is 65.4 cm³/mol. The topological polar surface area (TPSA) is 57.6 Å². The van der Waals surface area contributed by atoms with Gasteiger partial charge in [-0.15, -0.1) is 17.3 Å². The summed E-state index contributed by atoms with van der Waals surface area (Å²) < 4.78 is 0. The molecule has 17 heavy (non-hydrogen) atoms. The zero-order valence-corrected chi connectivity index (χ0v) is 10.1. The quantitative estimate of drug-likeness (QED) is 0.815. The average molecular weight is 249 g/mol.